The first-order chi connectivity index (χ1) is 6.63. The summed E-state index contributed by atoms with van der Waals surface area (Å²) in [5, 5.41) is 11.8. The number of halogens is 1. The van der Waals surface area contributed by atoms with E-state index >= 15 is 0 Å². The molecule has 0 fully saturated rings. The van der Waals surface area contributed by atoms with Crippen LogP contribution in [0.2, 0.25) is 5.02 Å². The number of rotatable bonds is 3. The highest BCUT2D eigenvalue weighted by Gasteiger charge is 2.04. The Morgan fingerprint density at radius 2 is 2.29 bits per heavy atom. The maximum absolute atomic E-state index is 11.2. The van der Waals surface area contributed by atoms with E-state index in [-0.39, 0.29) is 18.9 Å². The number of carbonyl (C=O) groups excluding carboxylic acids is 1. The number of benzene rings is 1. The number of aryl methyl sites for hydroxylation is 1. The normalized spacial score (nSPS) is 9.93. The van der Waals surface area contributed by atoms with E-state index in [0.717, 1.165) is 5.56 Å². The van der Waals surface area contributed by atoms with Gasteiger partial charge >= 0.3 is 0 Å². The van der Waals surface area contributed by atoms with Gasteiger partial charge in [-0.25, -0.2) is 0 Å². The van der Waals surface area contributed by atoms with Gasteiger partial charge in [0.2, 0.25) is 5.91 Å². The molecule has 1 amide bonds. The Bertz CT molecular complexity index is 339. The number of aliphatic hydroxyl groups is 1. The molecule has 0 aliphatic rings. The van der Waals surface area contributed by atoms with Gasteiger partial charge in [0.15, 0.2) is 0 Å². The minimum atomic E-state index is -0.210. The molecule has 3 nitrogen and oxygen atoms in total. The monoisotopic (exact) mass is 213 g/mol. The molecule has 14 heavy (non-hydrogen) atoms. The molecule has 0 heterocycles. The van der Waals surface area contributed by atoms with Crippen LogP contribution in [0.25, 0.3) is 0 Å². The molecule has 4 heteroatoms. The lowest BCUT2D eigenvalue weighted by Gasteiger charge is -2.07. The molecule has 0 saturated carbocycles. The first kappa shape index (κ1) is 11.0. The number of hydrogen-bond donors (Lipinski definition) is 2. The molecule has 1 aromatic rings. The highest BCUT2D eigenvalue weighted by Crippen LogP contribution is 2.20. The van der Waals surface area contributed by atoms with Crippen LogP contribution in [0, 0.1) is 6.92 Å². The SMILES string of the molecule is Cc1ccc(Cl)cc1NC(=O)CCO. The summed E-state index contributed by atoms with van der Waals surface area (Å²) >= 11 is 5.78. The maximum atomic E-state index is 11.2. The van der Waals surface area contributed by atoms with Gasteiger partial charge in [0.1, 0.15) is 0 Å². The van der Waals surface area contributed by atoms with Crippen LogP contribution in [-0.4, -0.2) is 17.6 Å². The lowest BCUT2D eigenvalue weighted by molar-refractivity contribution is -0.116. The van der Waals surface area contributed by atoms with Gasteiger partial charge in [0.05, 0.1) is 13.0 Å². The molecule has 2 N–H and O–H groups in total. The molecule has 0 aromatic heterocycles. The van der Waals surface area contributed by atoms with Crippen LogP contribution in [0.5, 0.6) is 0 Å². The van der Waals surface area contributed by atoms with Crippen LogP contribution in [0.4, 0.5) is 5.69 Å². The Morgan fingerprint density at radius 3 is 2.93 bits per heavy atom. The van der Waals surface area contributed by atoms with Crippen LogP contribution < -0.4 is 5.32 Å². The number of hydrogen-bond acceptors (Lipinski definition) is 2. The van der Waals surface area contributed by atoms with E-state index in [0.29, 0.717) is 10.7 Å². The third-order valence-electron chi connectivity index (χ3n) is 1.81. The van der Waals surface area contributed by atoms with Crippen LogP contribution in [0.1, 0.15) is 12.0 Å². The van der Waals surface area contributed by atoms with Gasteiger partial charge in [-0.2, -0.15) is 0 Å². The Morgan fingerprint density at radius 1 is 1.57 bits per heavy atom. The standard InChI is InChI=1S/C10H12ClNO2/c1-7-2-3-8(11)6-9(7)12-10(14)4-5-13/h2-3,6,13H,4-5H2,1H3,(H,12,14). The van der Waals surface area contributed by atoms with E-state index in [2.05, 4.69) is 5.32 Å². The van der Waals surface area contributed by atoms with Crippen LogP contribution >= 0.6 is 11.6 Å². The number of aliphatic hydroxyl groups excluding tert-OH is 1. The summed E-state index contributed by atoms with van der Waals surface area (Å²) in [7, 11) is 0. The first-order valence-electron chi connectivity index (χ1n) is 4.30. The highest BCUT2D eigenvalue weighted by molar-refractivity contribution is 6.31. The summed E-state index contributed by atoms with van der Waals surface area (Å²) in [5.41, 5.74) is 1.64. The van der Waals surface area contributed by atoms with E-state index in [1.165, 1.54) is 0 Å². The largest absolute Gasteiger partial charge is 0.396 e. The third-order valence-corrected chi connectivity index (χ3v) is 2.05. The molecule has 0 spiro atoms. The number of carbonyl (C=O) groups is 1. The second-order valence-corrected chi connectivity index (χ2v) is 3.42. The van der Waals surface area contributed by atoms with Crippen molar-refractivity contribution < 1.29 is 9.90 Å². The number of amides is 1. The van der Waals surface area contributed by atoms with Crippen LogP contribution in [0.3, 0.4) is 0 Å². The summed E-state index contributed by atoms with van der Waals surface area (Å²) in [6.07, 6.45) is 0.103. The molecule has 0 bridgehead atoms. The summed E-state index contributed by atoms with van der Waals surface area (Å²) in [6.45, 7) is 1.73. The minimum Gasteiger partial charge on any atom is -0.396 e. The number of nitrogens with one attached hydrogen (secondary N) is 1. The van der Waals surface area contributed by atoms with E-state index in [1.807, 2.05) is 13.0 Å². The molecule has 1 rings (SSSR count). The molecular weight excluding hydrogens is 202 g/mol. The average Bonchev–Trinajstić information content (AvgIpc) is 2.12. The van der Waals surface area contributed by atoms with Gasteiger partial charge in [0, 0.05) is 10.7 Å². The van der Waals surface area contributed by atoms with Crippen molar-refractivity contribution >= 4 is 23.2 Å². The Hall–Kier alpha value is -1.06. The first-order valence-corrected chi connectivity index (χ1v) is 4.68. The van der Waals surface area contributed by atoms with Crippen LogP contribution in [0.15, 0.2) is 18.2 Å². The lowest BCUT2D eigenvalue weighted by atomic mass is 10.2. The van der Waals surface area contributed by atoms with E-state index in [4.69, 9.17) is 16.7 Å². The van der Waals surface area contributed by atoms with Crippen molar-refractivity contribution in [3.63, 3.8) is 0 Å². The fourth-order valence-electron chi connectivity index (χ4n) is 1.04. The van der Waals surface area contributed by atoms with Gasteiger partial charge in [-0.15, -0.1) is 0 Å². The molecule has 76 valence electrons. The maximum Gasteiger partial charge on any atom is 0.226 e. The molecule has 0 unspecified atom stereocenters. The average molecular weight is 214 g/mol. The van der Waals surface area contributed by atoms with Gasteiger partial charge < -0.3 is 10.4 Å². The summed E-state index contributed by atoms with van der Waals surface area (Å²) < 4.78 is 0. The van der Waals surface area contributed by atoms with Crippen LogP contribution in [-0.2, 0) is 4.79 Å². The lowest BCUT2D eigenvalue weighted by Crippen LogP contribution is -2.13. The molecule has 0 atom stereocenters. The molecular formula is C10H12ClNO2. The zero-order valence-corrected chi connectivity index (χ0v) is 8.64. The van der Waals surface area contributed by atoms with E-state index < -0.39 is 0 Å². The fraction of sp³-hybridized carbons (Fsp3) is 0.300. The zero-order valence-electron chi connectivity index (χ0n) is 7.88. The van der Waals surface area contributed by atoms with Crippen molar-refractivity contribution in [2.45, 2.75) is 13.3 Å². The smallest absolute Gasteiger partial charge is 0.226 e. The Kier molecular flexibility index (Phi) is 3.92. The van der Waals surface area contributed by atoms with Crippen molar-refractivity contribution in [2.24, 2.45) is 0 Å². The summed E-state index contributed by atoms with van der Waals surface area (Å²) in [5.74, 6) is -0.210. The highest BCUT2D eigenvalue weighted by atomic mass is 35.5. The third kappa shape index (κ3) is 3.01. The molecule has 0 aliphatic heterocycles. The predicted octanol–water partition coefficient (Wildman–Crippen LogP) is 1.97. The van der Waals surface area contributed by atoms with Crippen molar-refractivity contribution in [1.82, 2.24) is 0 Å². The second kappa shape index (κ2) is 4.98. The van der Waals surface area contributed by atoms with E-state index in [9.17, 15) is 4.79 Å². The Balaban J connectivity index is 2.75. The van der Waals surface area contributed by atoms with E-state index in [1.54, 1.807) is 12.1 Å². The summed E-state index contributed by atoms with van der Waals surface area (Å²) in [6, 6.07) is 5.28. The van der Waals surface area contributed by atoms with Crippen molar-refractivity contribution in [3.8, 4) is 0 Å². The Labute approximate surface area is 87.7 Å². The second-order valence-electron chi connectivity index (χ2n) is 2.98. The summed E-state index contributed by atoms with van der Waals surface area (Å²) in [4.78, 5) is 11.2. The zero-order chi connectivity index (χ0) is 10.6. The minimum absolute atomic E-state index is 0.103. The number of anilines is 1. The fourth-order valence-corrected chi connectivity index (χ4v) is 1.22. The molecule has 0 saturated heterocycles. The predicted molar refractivity (Wildman–Crippen MR) is 56.5 cm³/mol. The van der Waals surface area contributed by atoms with Crippen molar-refractivity contribution in [2.75, 3.05) is 11.9 Å². The van der Waals surface area contributed by atoms with Crippen molar-refractivity contribution in [1.29, 1.82) is 0 Å². The van der Waals surface area contributed by atoms with Crippen molar-refractivity contribution in [3.05, 3.63) is 28.8 Å². The molecule has 0 aliphatic carbocycles. The molecule has 0 radical (unpaired) electrons. The topological polar surface area (TPSA) is 49.3 Å². The van der Waals surface area contributed by atoms with Gasteiger partial charge in [-0.05, 0) is 24.6 Å². The van der Waals surface area contributed by atoms with Gasteiger partial charge in [-0.3, -0.25) is 4.79 Å². The van der Waals surface area contributed by atoms with Gasteiger partial charge in [0.25, 0.3) is 0 Å². The quantitative estimate of drug-likeness (QED) is 0.807. The molecule has 1 aromatic carbocycles. The van der Waals surface area contributed by atoms with Gasteiger partial charge in [-0.1, -0.05) is 17.7 Å².